The largest absolute Gasteiger partial charge is 0.473 e. The van der Waals surface area contributed by atoms with Gasteiger partial charge in [0.1, 0.15) is 18.2 Å². The van der Waals surface area contributed by atoms with Gasteiger partial charge in [-0.15, -0.1) is 0 Å². The van der Waals surface area contributed by atoms with Gasteiger partial charge in [-0.3, -0.25) is 9.05 Å². The molecule has 0 spiro atoms. The van der Waals surface area contributed by atoms with E-state index in [2.05, 4.69) is 35.0 Å². The summed E-state index contributed by atoms with van der Waals surface area (Å²) in [5, 5.41) is 18.8. The highest BCUT2D eigenvalue weighted by Crippen LogP contribution is 2.50. The Labute approximate surface area is 274 Å². The Bertz CT molecular complexity index is 644. The minimum Gasteiger partial charge on any atom is -0.394 e. The summed E-state index contributed by atoms with van der Waals surface area (Å²) >= 11 is 0. The first kappa shape index (κ1) is 44.0. The van der Waals surface area contributed by atoms with Crippen molar-refractivity contribution in [2.75, 3.05) is 40.9 Å². The number of hydrogen-bond donors (Lipinski definition) is 3. The van der Waals surface area contributed by atoms with Gasteiger partial charge >= 0.3 is 7.82 Å². The van der Waals surface area contributed by atoms with E-state index in [9.17, 15) is 14.6 Å². The summed E-state index contributed by atoms with van der Waals surface area (Å²) < 4.78 is 24.9. The number of hydrogen-bond acceptors (Lipinski definition) is 5. The molecule has 0 amide bonds. The van der Waals surface area contributed by atoms with Crippen molar-refractivity contribution in [1.29, 1.82) is 0 Å². The molecule has 0 aliphatic carbocycles. The lowest BCUT2D eigenvalue weighted by Crippen LogP contribution is -2.50. The van der Waals surface area contributed by atoms with Crippen molar-refractivity contribution in [2.24, 2.45) is 0 Å². The molecule has 0 radical (unpaired) electrons. The molecule has 0 rings (SSSR count). The van der Waals surface area contributed by atoms with Crippen LogP contribution in [-0.4, -0.2) is 72.2 Å². The van der Waals surface area contributed by atoms with E-state index in [1.807, 2.05) is 0 Å². The standard InChI is InChI=1S/C36H76NO6P/c1-6-8-10-12-14-16-18-20-22-24-26-28-30-36(34-37(3,4)5,43-44(40,41)42-33-35(39)32-38)31-29-27-25-23-21-19-17-15-13-11-9-7-2/h35,38-39H,6-34H2,1-5H3/p+1/t35-/m1/s1. The lowest BCUT2D eigenvalue weighted by Gasteiger charge is -2.40. The monoisotopic (exact) mass is 651 g/mol. The van der Waals surface area contributed by atoms with E-state index >= 15 is 0 Å². The van der Waals surface area contributed by atoms with Crippen LogP contribution >= 0.6 is 7.82 Å². The average molecular weight is 651 g/mol. The molecule has 3 N–H and O–H groups in total. The van der Waals surface area contributed by atoms with Gasteiger partial charge in [-0.2, -0.15) is 0 Å². The molecular weight excluding hydrogens is 573 g/mol. The highest BCUT2D eigenvalue weighted by molar-refractivity contribution is 7.47. The second-order valence-corrected chi connectivity index (χ2v) is 16.0. The first-order chi connectivity index (χ1) is 21.0. The second kappa shape index (κ2) is 28.0. The molecule has 1 unspecified atom stereocenters. The third-order valence-electron chi connectivity index (χ3n) is 8.68. The molecular formula is C36H77NO6P+. The van der Waals surface area contributed by atoms with Crippen molar-refractivity contribution < 1.29 is 33.2 Å². The Balaban J connectivity index is 4.88. The number of aliphatic hydroxyl groups is 2. The summed E-state index contributed by atoms with van der Waals surface area (Å²) in [6.07, 6.45) is 30.7. The fourth-order valence-corrected chi connectivity index (χ4v) is 7.49. The molecule has 0 heterocycles. The van der Waals surface area contributed by atoms with Crippen LogP contribution in [0.1, 0.15) is 181 Å². The minimum atomic E-state index is -4.42. The zero-order valence-corrected chi connectivity index (χ0v) is 30.9. The van der Waals surface area contributed by atoms with Crippen LogP contribution in [0.5, 0.6) is 0 Å². The van der Waals surface area contributed by atoms with Crippen LogP contribution < -0.4 is 0 Å². The lowest BCUT2D eigenvalue weighted by molar-refractivity contribution is -0.876. The fraction of sp³-hybridized carbons (Fsp3) is 1.00. The lowest BCUT2D eigenvalue weighted by atomic mass is 9.88. The molecule has 0 aromatic rings. The maximum Gasteiger partial charge on any atom is 0.473 e. The molecule has 7 nitrogen and oxygen atoms in total. The van der Waals surface area contributed by atoms with Crippen LogP contribution in [0.3, 0.4) is 0 Å². The number of phosphoric ester groups is 1. The van der Waals surface area contributed by atoms with Crippen molar-refractivity contribution >= 4 is 7.82 Å². The summed E-state index contributed by atoms with van der Waals surface area (Å²) in [6, 6.07) is 0. The van der Waals surface area contributed by atoms with Crippen LogP contribution in [0, 0.1) is 0 Å². The molecule has 8 heteroatoms. The van der Waals surface area contributed by atoms with Gasteiger partial charge in [-0.05, 0) is 12.8 Å². The topological polar surface area (TPSA) is 96.2 Å². The zero-order valence-electron chi connectivity index (χ0n) is 30.0. The number of aliphatic hydroxyl groups excluding tert-OH is 2. The van der Waals surface area contributed by atoms with Crippen LogP contribution in [0.25, 0.3) is 0 Å². The molecule has 0 saturated heterocycles. The molecule has 0 aromatic carbocycles. The summed E-state index contributed by atoms with van der Waals surface area (Å²) in [4.78, 5) is 10.7. The second-order valence-electron chi connectivity index (χ2n) is 14.6. The minimum absolute atomic E-state index is 0.429. The Morgan fingerprint density at radius 2 is 0.932 bits per heavy atom. The van der Waals surface area contributed by atoms with Gasteiger partial charge in [0, 0.05) is 0 Å². The molecule has 0 fully saturated rings. The van der Waals surface area contributed by atoms with Gasteiger partial charge in [0.25, 0.3) is 0 Å². The van der Waals surface area contributed by atoms with E-state index in [1.165, 1.54) is 128 Å². The van der Waals surface area contributed by atoms with Gasteiger partial charge in [0.05, 0.1) is 34.4 Å². The summed E-state index contributed by atoms with van der Waals surface area (Å²) in [5.74, 6) is 0. The smallest absolute Gasteiger partial charge is 0.394 e. The van der Waals surface area contributed by atoms with Gasteiger partial charge in [0.2, 0.25) is 0 Å². The molecule has 0 bridgehead atoms. The van der Waals surface area contributed by atoms with Crippen molar-refractivity contribution in [3.8, 4) is 0 Å². The maximum atomic E-state index is 13.1. The molecule has 44 heavy (non-hydrogen) atoms. The van der Waals surface area contributed by atoms with Gasteiger partial charge in [-0.25, -0.2) is 4.57 Å². The molecule has 2 atom stereocenters. The van der Waals surface area contributed by atoms with Crippen LogP contribution in [0.15, 0.2) is 0 Å². The summed E-state index contributed by atoms with van der Waals surface area (Å²) in [6.45, 7) is 4.18. The Morgan fingerprint density at radius 3 is 1.23 bits per heavy atom. The first-order valence-electron chi connectivity index (χ1n) is 18.8. The zero-order chi connectivity index (χ0) is 33.0. The fourth-order valence-electron chi connectivity index (χ4n) is 6.35. The summed E-state index contributed by atoms with van der Waals surface area (Å²) in [5.41, 5.74) is -0.774. The number of quaternary nitrogens is 1. The van der Waals surface area contributed by atoms with Gasteiger partial charge < -0.3 is 19.6 Å². The van der Waals surface area contributed by atoms with Crippen molar-refractivity contribution in [3.05, 3.63) is 0 Å². The number of rotatable bonds is 34. The van der Waals surface area contributed by atoms with Crippen molar-refractivity contribution in [3.63, 3.8) is 0 Å². The van der Waals surface area contributed by atoms with Crippen LogP contribution in [-0.2, 0) is 13.6 Å². The van der Waals surface area contributed by atoms with Crippen molar-refractivity contribution in [1.82, 2.24) is 0 Å². The highest BCUT2D eigenvalue weighted by atomic mass is 31.2. The molecule has 0 aromatic heterocycles. The number of likely N-dealkylation sites (N-methyl/N-ethyl adjacent to an activating group) is 1. The highest BCUT2D eigenvalue weighted by Gasteiger charge is 2.43. The predicted molar refractivity (Wildman–Crippen MR) is 187 cm³/mol. The molecule has 0 saturated carbocycles. The van der Waals surface area contributed by atoms with E-state index in [0.29, 0.717) is 23.9 Å². The van der Waals surface area contributed by atoms with E-state index in [1.54, 1.807) is 0 Å². The van der Waals surface area contributed by atoms with E-state index in [0.717, 1.165) is 25.7 Å². The normalized spacial score (nSPS) is 14.6. The molecule has 266 valence electrons. The average Bonchev–Trinajstić information content (AvgIpc) is 2.96. The van der Waals surface area contributed by atoms with Crippen molar-refractivity contribution in [2.45, 2.75) is 192 Å². The Kier molecular flexibility index (Phi) is 28.0. The van der Waals surface area contributed by atoms with E-state index < -0.39 is 32.7 Å². The third kappa shape index (κ3) is 28.2. The van der Waals surface area contributed by atoms with E-state index in [4.69, 9.17) is 14.2 Å². The maximum absolute atomic E-state index is 13.1. The molecule has 0 aliphatic heterocycles. The third-order valence-corrected chi connectivity index (χ3v) is 9.78. The number of unbranched alkanes of at least 4 members (excludes halogenated alkanes) is 22. The quantitative estimate of drug-likeness (QED) is 0.0364. The number of phosphoric acid groups is 1. The van der Waals surface area contributed by atoms with Crippen LogP contribution in [0.2, 0.25) is 0 Å². The SMILES string of the molecule is CCCCCCCCCCCCCCC(CCCCCCCCCCCCCC)(C[N+](C)(C)C)OP(=O)(O)OC[C@H](O)CO. The van der Waals surface area contributed by atoms with Crippen LogP contribution in [0.4, 0.5) is 0 Å². The van der Waals surface area contributed by atoms with Gasteiger partial charge in [0.15, 0.2) is 0 Å². The Morgan fingerprint density at radius 1 is 0.614 bits per heavy atom. The predicted octanol–water partition coefficient (Wildman–Crippen LogP) is 10.1. The van der Waals surface area contributed by atoms with E-state index in [-0.39, 0.29) is 0 Å². The Hall–Kier alpha value is -0.0100. The molecule has 0 aliphatic rings. The first-order valence-corrected chi connectivity index (χ1v) is 20.3. The summed E-state index contributed by atoms with van der Waals surface area (Å²) in [7, 11) is 1.88. The van der Waals surface area contributed by atoms with Gasteiger partial charge in [-0.1, -0.05) is 168 Å². The number of nitrogens with zero attached hydrogens (tertiary/aromatic N) is 1.